The first-order valence-electron chi connectivity index (χ1n) is 8.42. The Balaban J connectivity index is 1.65. The zero-order chi connectivity index (χ0) is 17.8. The van der Waals surface area contributed by atoms with E-state index in [-0.39, 0.29) is 36.1 Å². The van der Waals surface area contributed by atoms with Gasteiger partial charge in [0.1, 0.15) is 6.04 Å². The van der Waals surface area contributed by atoms with Crippen molar-refractivity contribution in [2.45, 2.75) is 31.4 Å². The number of esters is 1. The minimum Gasteiger partial charge on any atom is -0.469 e. The summed E-state index contributed by atoms with van der Waals surface area (Å²) in [7, 11) is 1.32. The molecule has 1 aromatic heterocycles. The second kappa shape index (κ2) is 7.69. The van der Waals surface area contributed by atoms with E-state index in [4.69, 9.17) is 9.15 Å². The summed E-state index contributed by atoms with van der Waals surface area (Å²) in [5.74, 6) is -0.490. The molecule has 2 saturated heterocycles. The summed E-state index contributed by atoms with van der Waals surface area (Å²) in [5, 5.41) is 0. The Kier molecular flexibility index (Phi) is 5.37. The molecule has 0 saturated carbocycles. The Morgan fingerprint density at radius 1 is 1.32 bits per heavy atom. The number of likely N-dealkylation sites (tertiary alicyclic amines) is 1. The van der Waals surface area contributed by atoms with Gasteiger partial charge in [-0.15, -0.1) is 0 Å². The lowest BCUT2D eigenvalue weighted by Gasteiger charge is -2.35. The molecule has 136 valence electrons. The Bertz CT molecular complexity index is 629. The van der Waals surface area contributed by atoms with E-state index in [0.29, 0.717) is 32.7 Å². The van der Waals surface area contributed by atoms with Crippen LogP contribution in [0, 0.1) is 0 Å². The number of furan rings is 1. The van der Waals surface area contributed by atoms with Gasteiger partial charge in [-0.05, 0) is 25.0 Å². The van der Waals surface area contributed by atoms with Crippen LogP contribution in [0.25, 0.3) is 0 Å². The molecule has 8 heteroatoms. The predicted octanol–water partition coefficient (Wildman–Crippen LogP) is 0.675. The molecule has 0 aromatic carbocycles. The van der Waals surface area contributed by atoms with E-state index in [1.165, 1.54) is 13.4 Å². The van der Waals surface area contributed by atoms with Crippen molar-refractivity contribution >= 4 is 17.8 Å². The van der Waals surface area contributed by atoms with Crippen LogP contribution in [0.5, 0.6) is 0 Å². The third-order valence-corrected chi connectivity index (χ3v) is 4.60. The average molecular weight is 350 g/mol. The third kappa shape index (κ3) is 3.84. The van der Waals surface area contributed by atoms with E-state index < -0.39 is 6.04 Å². The van der Waals surface area contributed by atoms with Crippen molar-refractivity contribution in [2.75, 3.05) is 33.4 Å². The standard InChI is InChI=1S/C17H22N2O6/c1-23-15(20)10-12-11-18(7-9-24-12)16(21)13-4-2-6-19(13)17(22)14-5-3-8-25-14/h3,5,8,12-13H,2,4,6-7,9-11H2,1H3/t12-,13+/m1/s1. The molecule has 3 heterocycles. The first-order valence-corrected chi connectivity index (χ1v) is 8.42. The highest BCUT2D eigenvalue weighted by molar-refractivity contribution is 5.96. The molecule has 2 aliphatic heterocycles. The van der Waals surface area contributed by atoms with Gasteiger partial charge in [-0.1, -0.05) is 0 Å². The number of morpholine rings is 1. The number of carbonyl (C=O) groups is 3. The molecule has 0 bridgehead atoms. The Morgan fingerprint density at radius 3 is 2.88 bits per heavy atom. The normalized spacial score (nSPS) is 23.6. The Morgan fingerprint density at radius 2 is 2.16 bits per heavy atom. The van der Waals surface area contributed by atoms with E-state index in [1.807, 2.05) is 0 Å². The van der Waals surface area contributed by atoms with Gasteiger partial charge in [0.2, 0.25) is 5.91 Å². The van der Waals surface area contributed by atoms with Gasteiger partial charge in [0.25, 0.3) is 5.91 Å². The largest absolute Gasteiger partial charge is 0.469 e. The maximum Gasteiger partial charge on any atom is 0.308 e. The number of hydrogen-bond acceptors (Lipinski definition) is 6. The molecule has 1 aromatic rings. The van der Waals surface area contributed by atoms with Crippen LogP contribution >= 0.6 is 0 Å². The number of methoxy groups -OCH3 is 1. The quantitative estimate of drug-likeness (QED) is 0.742. The fourth-order valence-electron chi connectivity index (χ4n) is 3.33. The van der Waals surface area contributed by atoms with Crippen LogP contribution in [0.3, 0.4) is 0 Å². The smallest absolute Gasteiger partial charge is 0.308 e. The predicted molar refractivity (Wildman–Crippen MR) is 85.7 cm³/mol. The van der Waals surface area contributed by atoms with E-state index in [1.54, 1.807) is 21.9 Å². The second-order valence-corrected chi connectivity index (χ2v) is 6.19. The van der Waals surface area contributed by atoms with E-state index in [2.05, 4.69) is 4.74 Å². The van der Waals surface area contributed by atoms with Gasteiger partial charge in [-0.25, -0.2) is 0 Å². The molecule has 2 amide bonds. The number of hydrogen-bond donors (Lipinski definition) is 0. The molecule has 25 heavy (non-hydrogen) atoms. The van der Waals surface area contributed by atoms with Crippen molar-refractivity contribution in [1.29, 1.82) is 0 Å². The highest BCUT2D eigenvalue weighted by Crippen LogP contribution is 2.23. The Labute approximate surface area is 145 Å². The second-order valence-electron chi connectivity index (χ2n) is 6.19. The molecule has 0 spiro atoms. The van der Waals surface area contributed by atoms with Crippen LogP contribution in [-0.4, -0.2) is 73.1 Å². The molecule has 2 atom stereocenters. The van der Waals surface area contributed by atoms with Crippen LogP contribution in [0.4, 0.5) is 0 Å². The summed E-state index contributed by atoms with van der Waals surface area (Å²) in [5.41, 5.74) is 0. The monoisotopic (exact) mass is 350 g/mol. The fourth-order valence-corrected chi connectivity index (χ4v) is 3.33. The van der Waals surface area contributed by atoms with Gasteiger partial charge >= 0.3 is 5.97 Å². The van der Waals surface area contributed by atoms with Crippen molar-refractivity contribution in [2.24, 2.45) is 0 Å². The Hall–Kier alpha value is -2.35. The van der Waals surface area contributed by atoms with Crippen LogP contribution in [0.2, 0.25) is 0 Å². The van der Waals surface area contributed by atoms with Crippen molar-refractivity contribution < 1.29 is 28.3 Å². The maximum absolute atomic E-state index is 12.9. The van der Waals surface area contributed by atoms with Crippen molar-refractivity contribution in [3.63, 3.8) is 0 Å². The molecule has 2 aliphatic rings. The first kappa shape index (κ1) is 17.5. The topological polar surface area (TPSA) is 89.3 Å². The highest BCUT2D eigenvalue weighted by Gasteiger charge is 2.39. The van der Waals surface area contributed by atoms with Gasteiger partial charge in [-0.2, -0.15) is 0 Å². The molecule has 0 radical (unpaired) electrons. The van der Waals surface area contributed by atoms with E-state index >= 15 is 0 Å². The molecular formula is C17H22N2O6. The van der Waals surface area contributed by atoms with Crippen molar-refractivity contribution in [3.05, 3.63) is 24.2 Å². The first-order chi connectivity index (χ1) is 12.1. The zero-order valence-corrected chi connectivity index (χ0v) is 14.2. The maximum atomic E-state index is 12.9. The molecule has 0 unspecified atom stereocenters. The molecule has 2 fully saturated rings. The summed E-state index contributed by atoms with van der Waals surface area (Å²) < 4.78 is 15.4. The van der Waals surface area contributed by atoms with Crippen molar-refractivity contribution in [1.82, 2.24) is 9.80 Å². The molecular weight excluding hydrogens is 328 g/mol. The number of rotatable bonds is 4. The number of nitrogens with zero attached hydrogens (tertiary/aromatic N) is 2. The fraction of sp³-hybridized carbons (Fsp3) is 0.588. The van der Waals surface area contributed by atoms with Gasteiger partial charge in [0, 0.05) is 19.6 Å². The molecule has 3 rings (SSSR count). The summed E-state index contributed by atoms with van der Waals surface area (Å²) in [6.07, 6.45) is 2.59. The minimum absolute atomic E-state index is 0.101. The molecule has 8 nitrogen and oxygen atoms in total. The van der Waals surface area contributed by atoms with Gasteiger partial charge in [0.15, 0.2) is 5.76 Å². The molecule has 0 N–H and O–H groups in total. The zero-order valence-electron chi connectivity index (χ0n) is 14.2. The SMILES string of the molecule is COC(=O)C[C@@H]1CN(C(=O)[C@@H]2CCCN2C(=O)c2ccco2)CCO1. The van der Waals surface area contributed by atoms with Crippen LogP contribution in [0.1, 0.15) is 29.8 Å². The third-order valence-electron chi connectivity index (χ3n) is 4.60. The lowest BCUT2D eigenvalue weighted by atomic mass is 10.1. The van der Waals surface area contributed by atoms with Crippen LogP contribution < -0.4 is 0 Å². The van der Waals surface area contributed by atoms with E-state index in [0.717, 1.165) is 6.42 Å². The summed E-state index contributed by atoms with van der Waals surface area (Å²) >= 11 is 0. The number of carbonyl (C=O) groups excluding carboxylic acids is 3. The van der Waals surface area contributed by atoms with Crippen molar-refractivity contribution in [3.8, 4) is 0 Å². The van der Waals surface area contributed by atoms with Gasteiger partial charge < -0.3 is 23.7 Å². The van der Waals surface area contributed by atoms with Gasteiger partial charge in [0.05, 0.1) is 32.5 Å². The van der Waals surface area contributed by atoms with E-state index in [9.17, 15) is 14.4 Å². The summed E-state index contributed by atoms with van der Waals surface area (Å²) in [6, 6.07) is 2.76. The summed E-state index contributed by atoms with van der Waals surface area (Å²) in [4.78, 5) is 40.1. The van der Waals surface area contributed by atoms with Gasteiger partial charge in [-0.3, -0.25) is 14.4 Å². The lowest BCUT2D eigenvalue weighted by molar-refractivity contribution is -0.151. The lowest BCUT2D eigenvalue weighted by Crippen LogP contribution is -2.53. The van der Waals surface area contributed by atoms with Crippen LogP contribution in [-0.2, 0) is 19.1 Å². The average Bonchev–Trinajstić information content (AvgIpc) is 3.32. The number of amides is 2. The van der Waals surface area contributed by atoms with Crippen LogP contribution in [0.15, 0.2) is 22.8 Å². The number of ether oxygens (including phenoxy) is 2. The summed E-state index contributed by atoms with van der Waals surface area (Å²) in [6.45, 7) is 1.68. The minimum atomic E-state index is -0.491. The highest BCUT2D eigenvalue weighted by atomic mass is 16.5. The molecule has 0 aliphatic carbocycles.